The maximum Gasteiger partial charge on any atom is 0.256 e. The minimum absolute atomic E-state index is 0.0633. The van der Waals surface area contributed by atoms with Crippen molar-refractivity contribution in [2.45, 2.75) is 38.5 Å². The molecule has 5 rings (SSSR count). The summed E-state index contributed by atoms with van der Waals surface area (Å²) in [5.41, 5.74) is 6.86. The molecule has 3 heterocycles. The predicted molar refractivity (Wildman–Crippen MR) is 134 cm³/mol. The van der Waals surface area contributed by atoms with E-state index < -0.39 is 0 Å². The first-order valence-corrected chi connectivity index (χ1v) is 12.6. The van der Waals surface area contributed by atoms with Crippen LogP contribution in [0.15, 0.2) is 18.2 Å². The van der Waals surface area contributed by atoms with E-state index in [0.29, 0.717) is 30.0 Å². The van der Waals surface area contributed by atoms with Gasteiger partial charge in [0.2, 0.25) is 5.91 Å². The zero-order valence-corrected chi connectivity index (χ0v) is 20.1. The molecule has 0 spiro atoms. The fraction of sp³-hybridized carbons (Fsp3) is 0.462. The van der Waals surface area contributed by atoms with Crippen molar-refractivity contribution in [2.24, 2.45) is 0 Å². The number of morpholine rings is 1. The Labute approximate surface area is 204 Å². The van der Waals surface area contributed by atoms with Crippen molar-refractivity contribution in [3.63, 3.8) is 0 Å². The van der Waals surface area contributed by atoms with Gasteiger partial charge in [-0.15, -0.1) is 0 Å². The van der Waals surface area contributed by atoms with Crippen LogP contribution >= 0.6 is 11.6 Å². The maximum atomic E-state index is 12.7. The molecule has 7 nitrogen and oxygen atoms in total. The lowest BCUT2D eigenvalue weighted by Crippen LogP contribution is -2.41. The highest BCUT2D eigenvalue weighted by Gasteiger charge is 2.26. The van der Waals surface area contributed by atoms with E-state index in [9.17, 15) is 9.59 Å². The van der Waals surface area contributed by atoms with Crippen molar-refractivity contribution >= 4 is 40.8 Å². The third kappa shape index (κ3) is 5.06. The van der Waals surface area contributed by atoms with Gasteiger partial charge >= 0.3 is 0 Å². The van der Waals surface area contributed by atoms with Crippen molar-refractivity contribution < 1.29 is 14.3 Å². The van der Waals surface area contributed by atoms with Gasteiger partial charge in [-0.25, -0.2) is 0 Å². The van der Waals surface area contributed by atoms with E-state index in [1.807, 2.05) is 18.2 Å². The first-order chi connectivity index (χ1) is 16.6. The summed E-state index contributed by atoms with van der Waals surface area (Å²) in [5.74, 6) is -0.0648. The van der Waals surface area contributed by atoms with Crippen LogP contribution < -0.4 is 10.6 Å². The molecule has 180 valence electrons. The van der Waals surface area contributed by atoms with E-state index in [4.69, 9.17) is 16.3 Å². The number of carbonyl (C=O) groups excluding carboxylic acids is 2. The van der Waals surface area contributed by atoms with Crippen LogP contribution in [0.1, 0.15) is 47.3 Å². The van der Waals surface area contributed by atoms with Crippen LogP contribution in [0.25, 0.3) is 11.6 Å². The number of carbonyl (C=O) groups is 2. The maximum absolute atomic E-state index is 12.7. The van der Waals surface area contributed by atoms with Gasteiger partial charge in [0.25, 0.3) is 5.91 Å². The summed E-state index contributed by atoms with van der Waals surface area (Å²) >= 11 is 6.20. The van der Waals surface area contributed by atoms with E-state index in [1.54, 1.807) is 6.07 Å². The molecule has 2 amide bonds. The summed E-state index contributed by atoms with van der Waals surface area (Å²) in [6, 6.07) is 5.43. The topological polar surface area (TPSA) is 86.5 Å². The van der Waals surface area contributed by atoms with Crippen LogP contribution in [-0.2, 0) is 33.6 Å². The predicted octanol–water partition coefficient (Wildman–Crippen LogP) is 3.42. The molecule has 2 aromatic rings. The zero-order valence-electron chi connectivity index (χ0n) is 19.3. The van der Waals surface area contributed by atoms with Crippen LogP contribution in [0.2, 0.25) is 5.02 Å². The number of hydrogen-bond donors (Lipinski definition) is 3. The van der Waals surface area contributed by atoms with Gasteiger partial charge in [-0.2, -0.15) is 0 Å². The highest BCUT2D eigenvalue weighted by molar-refractivity contribution is 6.36. The van der Waals surface area contributed by atoms with Crippen molar-refractivity contribution in [2.75, 3.05) is 44.7 Å². The average molecular weight is 483 g/mol. The van der Waals surface area contributed by atoms with Gasteiger partial charge in [0, 0.05) is 60.3 Å². The first-order valence-electron chi connectivity index (χ1n) is 12.2. The van der Waals surface area contributed by atoms with Crippen molar-refractivity contribution in [3.8, 4) is 0 Å². The Balaban J connectivity index is 1.30. The number of benzene rings is 1. The highest BCUT2D eigenvalue weighted by atomic mass is 35.5. The van der Waals surface area contributed by atoms with Crippen LogP contribution in [0.3, 0.4) is 0 Å². The van der Waals surface area contributed by atoms with Crippen LogP contribution in [0.5, 0.6) is 0 Å². The number of amides is 2. The third-order valence-electron chi connectivity index (χ3n) is 6.95. The number of fused-ring (bicyclic) bond motifs is 2. The second-order valence-electron chi connectivity index (χ2n) is 9.19. The van der Waals surface area contributed by atoms with E-state index >= 15 is 0 Å². The first kappa shape index (κ1) is 23.1. The summed E-state index contributed by atoms with van der Waals surface area (Å²) in [6.45, 7) is 4.87. The molecule has 2 aliphatic heterocycles. The lowest BCUT2D eigenvalue weighted by Gasteiger charge is -2.26. The fourth-order valence-corrected chi connectivity index (χ4v) is 5.31. The Morgan fingerprint density at radius 3 is 2.88 bits per heavy atom. The van der Waals surface area contributed by atoms with Crippen LogP contribution in [0, 0.1) is 0 Å². The van der Waals surface area contributed by atoms with E-state index in [-0.39, 0.29) is 11.8 Å². The van der Waals surface area contributed by atoms with E-state index in [2.05, 4.69) is 20.5 Å². The number of aryl methyl sites for hydroxylation is 1. The number of nitrogens with zero attached hydrogens (tertiary/aromatic N) is 1. The van der Waals surface area contributed by atoms with Gasteiger partial charge in [0.15, 0.2) is 0 Å². The van der Waals surface area contributed by atoms with Crippen molar-refractivity contribution in [1.29, 1.82) is 0 Å². The summed E-state index contributed by atoms with van der Waals surface area (Å²) in [7, 11) is 0. The molecular formula is C26H31ClN4O3. The molecule has 1 aliphatic carbocycles. The summed E-state index contributed by atoms with van der Waals surface area (Å²) in [4.78, 5) is 31.2. The normalized spacial score (nSPS) is 19.1. The summed E-state index contributed by atoms with van der Waals surface area (Å²) in [6.07, 6.45) is 7.34. The van der Waals surface area contributed by atoms with Gasteiger partial charge < -0.3 is 20.4 Å². The number of aromatic nitrogens is 1. The van der Waals surface area contributed by atoms with Gasteiger partial charge in [-0.05, 0) is 67.5 Å². The number of halogens is 1. The molecule has 0 unspecified atom stereocenters. The lowest BCUT2D eigenvalue weighted by atomic mass is 9.92. The third-order valence-corrected chi connectivity index (χ3v) is 7.19. The SMILES string of the molecule is O=C(CCc1c(C=C2C(=O)Nc3ccc(Cl)cc32)[nH]c2c1CCCC2)NCCN1CCOCC1. The molecule has 1 saturated heterocycles. The van der Waals surface area contributed by atoms with Crippen molar-refractivity contribution in [1.82, 2.24) is 15.2 Å². The Bertz CT molecular complexity index is 1120. The van der Waals surface area contributed by atoms with Crippen LogP contribution in [0.4, 0.5) is 5.69 Å². The molecule has 0 bridgehead atoms. The van der Waals surface area contributed by atoms with Crippen molar-refractivity contribution in [3.05, 3.63) is 51.3 Å². The second kappa shape index (κ2) is 10.3. The second-order valence-corrected chi connectivity index (χ2v) is 9.62. The quantitative estimate of drug-likeness (QED) is 0.528. The molecule has 1 aromatic heterocycles. The number of anilines is 1. The van der Waals surface area contributed by atoms with E-state index in [1.165, 1.54) is 11.3 Å². The van der Waals surface area contributed by atoms with Gasteiger partial charge in [-0.1, -0.05) is 11.6 Å². The lowest BCUT2D eigenvalue weighted by molar-refractivity contribution is -0.121. The molecule has 3 aliphatic rings. The number of ether oxygens (including phenoxy) is 1. The Morgan fingerprint density at radius 2 is 2.03 bits per heavy atom. The Morgan fingerprint density at radius 1 is 1.21 bits per heavy atom. The summed E-state index contributed by atoms with van der Waals surface area (Å²) in [5, 5.41) is 6.58. The van der Waals surface area contributed by atoms with Gasteiger partial charge in [0.05, 0.1) is 18.8 Å². The minimum atomic E-state index is -0.128. The Hall–Kier alpha value is -2.61. The number of aromatic amines is 1. The van der Waals surface area contributed by atoms with Crippen LogP contribution in [-0.4, -0.2) is 61.1 Å². The minimum Gasteiger partial charge on any atom is -0.379 e. The molecule has 8 heteroatoms. The molecule has 34 heavy (non-hydrogen) atoms. The van der Waals surface area contributed by atoms with Gasteiger partial charge in [-0.3, -0.25) is 14.5 Å². The molecule has 0 saturated carbocycles. The zero-order chi connectivity index (χ0) is 23.5. The molecule has 1 aromatic carbocycles. The highest BCUT2D eigenvalue weighted by Crippen LogP contribution is 2.36. The Kier molecular flexibility index (Phi) is 7.04. The number of nitrogens with one attached hydrogen (secondary N) is 3. The molecule has 0 radical (unpaired) electrons. The number of H-pyrrole nitrogens is 1. The average Bonchev–Trinajstić information content (AvgIpc) is 3.35. The standard InChI is InChI=1S/C26H31ClN4O3/c27-17-5-7-23-20(15-17)21(26(33)30-23)16-24-19(18-3-1-2-4-22(18)29-24)6-8-25(32)28-9-10-31-11-13-34-14-12-31/h5,7,15-16,29H,1-4,6,8-14H2,(H,28,32)(H,30,33). The summed E-state index contributed by atoms with van der Waals surface area (Å²) < 4.78 is 5.37. The smallest absolute Gasteiger partial charge is 0.256 e. The van der Waals surface area contributed by atoms with E-state index in [0.717, 1.165) is 81.0 Å². The molecular weight excluding hydrogens is 452 g/mol. The fourth-order valence-electron chi connectivity index (χ4n) is 5.14. The molecule has 0 atom stereocenters. The number of hydrogen-bond acceptors (Lipinski definition) is 4. The molecule has 3 N–H and O–H groups in total. The molecule has 1 fully saturated rings. The monoisotopic (exact) mass is 482 g/mol. The largest absolute Gasteiger partial charge is 0.379 e. The van der Waals surface area contributed by atoms with Gasteiger partial charge in [0.1, 0.15) is 0 Å². The number of rotatable bonds is 7.